The van der Waals surface area contributed by atoms with Gasteiger partial charge in [0.25, 0.3) is 0 Å². The minimum atomic E-state index is 0.247. The smallest absolute Gasteiger partial charge is 0.118 e. The SMILES string of the molecule is CC1(CCc2ccccc2O)C=CC=CC1. The highest BCUT2D eigenvalue weighted by molar-refractivity contribution is 5.32. The van der Waals surface area contributed by atoms with Gasteiger partial charge in [0, 0.05) is 0 Å². The Morgan fingerprint density at radius 2 is 2.06 bits per heavy atom. The van der Waals surface area contributed by atoms with Gasteiger partial charge >= 0.3 is 0 Å². The van der Waals surface area contributed by atoms with Gasteiger partial charge < -0.3 is 5.11 Å². The number of phenolic OH excluding ortho intramolecular Hbond substituents is 1. The highest BCUT2D eigenvalue weighted by atomic mass is 16.3. The van der Waals surface area contributed by atoms with Gasteiger partial charge in [0.2, 0.25) is 0 Å². The molecule has 1 aromatic carbocycles. The van der Waals surface area contributed by atoms with Crippen LogP contribution in [0.5, 0.6) is 5.75 Å². The van der Waals surface area contributed by atoms with E-state index in [1.165, 1.54) is 0 Å². The van der Waals surface area contributed by atoms with Crippen molar-refractivity contribution in [2.45, 2.75) is 26.2 Å². The Labute approximate surface area is 97.1 Å². The summed E-state index contributed by atoms with van der Waals surface area (Å²) in [6.45, 7) is 2.27. The molecule has 2 rings (SSSR count). The van der Waals surface area contributed by atoms with Gasteiger partial charge in [-0.05, 0) is 36.3 Å². The molecule has 1 unspecified atom stereocenters. The summed E-state index contributed by atoms with van der Waals surface area (Å²) >= 11 is 0. The van der Waals surface area contributed by atoms with E-state index in [2.05, 4.69) is 31.2 Å². The summed E-state index contributed by atoms with van der Waals surface area (Å²) in [6.07, 6.45) is 11.8. The lowest BCUT2D eigenvalue weighted by molar-refractivity contribution is 0.388. The predicted molar refractivity (Wildman–Crippen MR) is 67.4 cm³/mol. The number of phenols is 1. The predicted octanol–water partition coefficient (Wildman–Crippen LogP) is 3.85. The Morgan fingerprint density at radius 1 is 1.25 bits per heavy atom. The third-order valence-electron chi connectivity index (χ3n) is 3.29. The molecular formula is C15H18O. The molecule has 0 fully saturated rings. The standard InChI is InChI=1S/C15H18O/c1-15(10-5-2-6-11-15)12-9-13-7-3-4-8-14(13)16/h2-8,10,16H,9,11-12H2,1H3. The number of allylic oxidation sites excluding steroid dienone is 4. The molecule has 0 aromatic heterocycles. The van der Waals surface area contributed by atoms with Gasteiger partial charge in [-0.2, -0.15) is 0 Å². The molecular weight excluding hydrogens is 196 g/mol. The zero-order valence-electron chi connectivity index (χ0n) is 9.69. The minimum Gasteiger partial charge on any atom is -0.508 e. The van der Waals surface area contributed by atoms with Crippen molar-refractivity contribution in [3.05, 3.63) is 54.1 Å². The average molecular weight is 214 g/mol. The van der Waals surface area contributed by atoms with E-state index in [0.29, 0.717) is 5.75 Å². The van der Waals surface area contributed by atoms with Gasteiger partial charge in [-0.15, -0.1) is 0 Å². The largest absolute Gasteiger partial charge is 0.508 e. The van der Waals surface area contributed by atoms with E-state index >= 15 is 0 Å². The summed E-state index contributed by atoms with van der Waals surface area (Å²) in [5.41, 5.74) is 1.29. The van der Waals surface area contributed by atoms with Gasteiger partial charge in [-0.3, -0.25) is 0 Å². The van der Waals surface area contributed by atoms with E-state index in [9.17, 15) is 5.11 Å². The number of benzene rings is 1. The Kier molecular flexibility index (Phi) is 3.14. The molecule has 1 N–H and O–H groups in total. The lowest BCUT2D eigenvalue weighted by Gasteiger charge is -2.26. The van der Waals surface area contributed by atoms with E-state index in [-0.39, 0.29) is 5.41 Å². The van der Waals surface area contributed by atoms with Crippen molar-refractivity contribution in [1.82, 2.24) is 0 Å². The summed E-state index contributed by atoms with van der Waals surface area (Å²) < 4.78 is 0. The van der Waals surface area contributed by atoms with E-state index in [0.717, 1.165) is 24.8 Å². The molecule has 0 amide bonds. The number of aryl methyl sites for hydroxylation is 1. The molecule has 84 valence electrons. The quantitative estimate of drug-likeness (QED) is 0.810. The maximum atomic E-state index is 9.69. The second-order valence-electron chi connectivity index (χ2n) is 4.77. The molecule has 1 atom stereocenters. The minimum absolute atomic E-state index is 0.247. The topological polar surface area (TPSA) is 20.2 Å². The number of rotatable bonds is 3. The maximum Gasteiger partial charge on any atom is 0.118 e. The number of para-hydroxylation sites is 1. The fourth-order valence-corrected chi connectivity index (χ4v) is 2.10. The van der Waals surface area contributed by atoms with Crippen LogP contribution in [0.2, 0.25) is 0 Å². The van der Waals surface area contributed by atoms with Gasteiger partial charge in [0.15, 0.2) is 0 Å². The Hall–Kier alpha value is -1.50. The van der Waals surface area contributed by atoms with Crippen molar-refractivity contribution >= 4 is 0 Å². The zero-order valence-corrected chi connectivity index (χ0v) is 9.69. The van der Waals surface area contributed by atoms with E-state index < -0.39 is 0 Å². The van der Waals surface area contributed by atoms with Crippen LogP contribution in [-0.4, -0.2) is 5.11 Å². The molecule has 1 heteroatoms. The number of hydrogen-bond acceptors (Lipinski definition) is 1. The lowest BCUT2D eigenvalue weighted by Crippen LogP contribution is -2.14. The van der Waals surface area contributed by atoms with Crippen LogP contribution < -0.4 is 0 Å². The zero-order chi connectivity index (χ0) is 11.4. The average Bonchev–Trinajstić information content (AvgIpc) is 2.29. The molecule has 0 heterocycles. The molecule has 1 aromatic rings. The molecule has 0 radical (unpaired) electrons. The lowest BCUT2D eigenvalue weighted by atomic mass is 9.79. The van der Waals surface area contributed by atoms with Crippen molar-refractivity contribution < 1.29 is 5.11 Å². The van der Waals surface area contributed by atoms with Crippen LogP contribution in [0.3, 0.4) is 0 Å². The summed E-state index contributed by atoms with van der Waals surface area (Å²) in [4.78, 5) is 0. The second kappa shape index (κ2) is 4.56. The van der Waals surface area contributed by atoms with Crippen molar-refractivity contribution in [1.29, 1.82) is 0 Å². The fraction of sp³-hybridized carbons (Fsp3) is 0.333. The molecule has 0 aliphatic heterocycles. The fourth-order valence-electron chi connectivity index (χ4n) is 2.10. The van der Waals surface area contributed by atoms with Crippen molar-refractivity contribution in [2.24, 2.45) is 5.41 Å². The first-order chi connectivity index (χ1) is 7.70. The number of aromatic hydroxyl groups is 1. The van der Waals surface area contributed by atoms with Crippen molar-refractivity contribution in [2.75, 3.05) is 0 Å². The summed E-state index contributed by atoms with van der Waals surface area (Å²) in [7, 11) is 0. The van der Waals surface area contributed by atoms with Crippen molar-refractivity contribution in [3.8, 4) is 5.75 Å². The third-order valence-corrected chi connectivity index (χ3v) is 3.29. The van der Waals surface area contributed by atoms with Crippen LogP contribution in [0, 0.1) is 5.41 Å². The third kappa shape index (κ3) is 2.54. The molecule has 0 bridgehead atoms. The van der Waals surface area contributed by atoms with Crippen LogP contribution in [0.1, 0.15) is 25.3 Å². The van der Waals surface area contributed by atoms with Crippen LogP contribution in [-0.2, 0) is 6.42 Å². The monoisotopic (exact) mass is 214 g/mol. The highest BCUT2D eigenvalue weighted by Crippen LogP contribution is 2.33. The van der Waals surface area contributed by atoms with Gasteiger partial charge in [-0.1, -0.05) is 49.4 Å². The highest BCUT2D eigenvalue weighted by Gasteiger charge is 2.20. The van der Waals surface area contributed by atoms with Gasteiger partial charge in [-0.25, -0.2) is 0 Å². The first kappa shape index (κ1) is 11.0. The molecule has 0 spiro atoms. The Bertz CT molecular complexity index is 417. The summed E-state index contributed by atoms with van der Waals surface area (Å²) in [5, 5.41) is 9.69. The van der Waals surface area contributed by atoms with Gasteiger partial charge in [0.05, 0.1) is 0 Å². The molecule has 1 aliphatic rings. The summed E-state index contributed by atoms with van der Waals surface area (Å²) in [6, 6.07) is 7.60. The Morgan fingerprint density at radius 3 is 2.75 bits per heavy atom. The molecule has 0 saturated heterocycles. The Balaban J connectivity index is 2.00. The van der Waals surface area contributed by atoms with E-state index in [1.54, 1.807) is 6.07 Å². The molecule has 16 heavy (non-hydrogen) atoms. The number of hydrogen-bond donors (Lipinski definition) is 1. The van der Waals surface area contributed by atoms with E-state index in [4.69, 9.17) is 0 Å². The van der Waals surface area contributed by atoms with Crippen LogP contribution in [0.15, 0.2) is 48.6 Å². The molecule has 0 saturated carbocycles. The normalized spacial score (nSPS) is 23.6. The molecule has 1 aliphatic carbocycles. The second-order valence-corrected chi connectivity index (χ2v) is 4.77. The van der Waals surface area contributed by atoms with Crippen LogP contribution >= 0.6 is 0 Å². The van der Waals surface area contributed by atoms with Crippen LogP contribution in [0.4, 0.5) is 0 Å². The van der Waals surface area contributed by atoms with Crippen LogP contribution in [0.25, 0.3) is 0 Å². The first-order valence-corrected chi connectivity index (χ1v) is 5.81. The molecule has 1 nitrogen and oxygen atoms in total. The first-order valence-electron chi connectivity index (χ1n) is 5.81. The van der Waals surface area contributed by atoms with E-state index in [1.807, 2.05) is 18.2 Å². The van der Waals surface area contributed by atoms with Gasteiger partial charge in [0.1, 0.15) is 5.75 Å². The van der Waals surface area contributed by atoms with Crippen molar-refractivity contribution in [3.63, 3.8) is 0 Å². The maximum absolute atomic E-state index is 9.69. The summed E-state index contributed by atoms with van der Waals surface area (Å²) in [5.74, 6) is 0.418.